The second kappa shape index (κ2) is 6.62. The van der Waals surface area contributed by atoms with E-state index in [9.17, 15) is 21.6 Å². The van der Waals surface area contributed by atoms with Gasteiger partial charge in [-0.1, -0.05) is 12.1 Å². The molecule has 0 fully saturated rings. The molecule has 0 amide bonds. The van der Waals surface area contributed by atoms with Crippen molar-refractivity contribution in [2.75, 3.05) is 0 Å². The minimum atomic E-state index is -5.01. The zero-order valence-electron chi connectivity index (χ0n) is 13.1. The lowest BCUT2D eigenvalue weighted by Crippen LogP contribution is -2.12. The first-order valence-corrected chi connectivity index (χ1v) is 9.72. The summed E-state index contributed by atoms with van der Waals surface area (Å²) < 4.78 is 70.1. The minimum Gasteiger partial charge on any atom is -0.362 e. The van der Waals surface area contributed by atoms with E-state index in [0.29, 0.717) is 5.52 Å². The lowest BCUT2D eigenvalue weighted by molar-refractivity contribution is 0.382. The Balaban J connectivity index is 2.21. The lowest BCUT2D eigenvalue weighted by atomic mass is 10.1. The molecular weight excluding hydrogens is 404 g/mol. The molecule has 0 bridgehead atoms. The predicted molar refractivity (Wildman–Crippen MR) is 92.2 cm³/mol. The molecule has 0 aliphatic carbocycles. The zero-order valence-corrected chi connectivity index (χ0v) is 14.7. The van der Waals surface area contributed by atoms with Crippen LogP contribution in [0.5, 0.6) is 11.5 Å². The molecule has 142 valence electrons. The summed E-state index contributed by atoms with van der Waals surface area (Å²) in [6.45, 7) is 0. The average molecular weight is 414 g/mol. The highest BCUT2D eigenvalue weighted by Gasteiger charge is 2.19. The first-order valence-electron chi connectivity index (χ1n) is 6.99. The maximum absolute atomic E-state index is 12.2. The van der Waals surface area contributed by atoms with Gasteiger partial charge in [-0.2, -0.15) is 16.8 Å². The normalized spacial score (nSPS) is 12.1. The molecule has 0 spiro atoms. The number of H-pyrrole nitrogens is 1. The number of nitrogens with zero attached hydrogens (tertiary/aromatic N) is 1. The monoisotopic (exact) mass is 414 g/mol. The van der Waals surface area contributed by atoms with Gasteiger partial charge in [0, 0.05) is 6.07 Å². The third-order valence-corrected chi connectivity index (χ3v) is 4.01. The van der Waals surface area contributed by atoms with E-state index in [0.717, 1.165) is 18.2 Å². The van der Waals surface area contributed by atoms with Crippen LogP contribution in [-0.4, -0.2) is 35.9 Å². The molecule has 11 nitrogen and oxygen atoms in total. The number of para-hydroxylation sites is 1. The van der Waals surface area contributed by atoms with Crippen LogP contribution in [0.25, 0.3) is 22.3 Å². The van der Waals surface area contributed by atoms with Gasteiger partial charge in [-0.15, -0.1) is 0 Å². The van der Waals surface area contributed by atoms with E-state index in [4.69, 9.17) is 9.11 Å². The zero-order chi connectivity index (χ0) is 19.8. The lowest BCUT2D eigenvalue weighted by Gasteiger charge is -2.10. The topological polar surface area (TPSA) is 173 Å². The Morgan fingerprint density at radius 1 is 0.926 bits per heavy atom. The number of aromatic amines is 1. The number of hydrogen-bond donors (Lipinski definition) is 3. The second-order valence-corrected chi connectivity index (χ2v) is 7.16. The molecule has 0 aliphatic rings. The van der Waals surface area contributed by atoms with Gasteiger partial charge in [-0.05, 0) is 24.3 Å². The van der Waals surface area contributed by atoms with E-state index < -0.39 is 37.9 Å². The SMILES string of the molecule is O=c1[nH]c(-c2ccc(OS(=O)(=O)O)cc2OS(=O)(=O)O)nc2ccccc12. The molecule has 2 aromatic carbocycles. The summed E-state index contributed by atoms with van der Waals surface area (Å²) in [6.07, 6.45) is 0. The van der Waals surface area contributed by atoms with E-state index in [2.05, 4.69) is 18.3 Å². The summed E-state index contributed by atoms with van der Waals surface area (Å²) in [6, 6.07) is 9.29. The summed E-state index contributed by atoms with van der Waals surface area (Å²) in [7, 11) is -9.90. The molecule has 3 aromatic rings. The van der Waals surface area contributed by atoms with Crippen LogP contribution >= 0.6 is 0 Å². The van der Waals surface area contributed by atoms with Crippen LogP contribution in [0.4, 0.5) is 0 Å². The smallest absolute Gasteiger partial charge is 0.362 e. The van der Waals surface area contributed by atoms with E-state index >= 15 is 0 Å². The fourth-order valence-electron chi connectivity index (χ4n) is 2.27. The van der Waals surface area contributed by atoms with Crippen LogP contribution in [-0.2, 0) is 20.8 Å². The molecule has 0 unspecified atom stereocenters. The maximum atomic E-state index is 12.2. The Hall–Kier alpha value is -3.00. The third-order valence-electron chi connectivity index (χ3n) is 3.22. The van der Waals surface area contributed by atoms with Crippen molar-refractivity contribution in [3.8, 4) is 22.9 Å². The molecule has 27 heavy (non-hydrogen) atoms. The van der Waals surface area contributed by atoms with E-state index in [1.54, 1.807) is 18.2 Å². The summed E-state index contributed by atoms with van der Waals surface area (Å²) >= 11 is 0. The molecule has 1 heterocycles. The highest BCUT2D eigenvalue weighted by molar-refractivity contribution is 7.81. The molecule has 0 atom stereocenters. The molecule has 1 aromatic heterocycles. The number of aromatic nitrogens is 2. The Morgan fingerprint density at radius 2 is 1.59 bits per heavy atom. The first kappa shape index (κ1) is 18.8. The van der Waals surface area contributed by atoms with Gasteiger partial charge in [0.2, 0.25) is 0 Å². The summed E-state index contributed by atoms with van der Waals surface area (Å²) in [5, 5.41) is 0.282. The first-order chi connectivity index (χ1) is 12.5. The molecule has 0 radical (unpaired) electrons. The Bertz CT molecular complexity index is 1300. The van der Waals surface area contributed by atoms with Gasteiger partial charge in [0.05, 0.1) is 16.5 Å². The van der Waals surface area contributed by atoms with E-state index in [1.807, 2.05) is 0 Å². The van der Waals surface area contributed by atoms with Gasteiger partial charge in [0.25, 0.3) is 5.56 Å². The standard InChI is InChI=1S/C14H10N2O9S2/c17-14-9-3-1-2-4-11(9)15-13(16-14)10-6-5-8(24-26(18,19)20)7-12(10)25-27(21,22)23/h1-7H,(H,15,16,17)(H,18,19,20)(H,21,22,23). The molecule has 3 N–H and O–H groups in total. The Labute approximate surface area is 152 Å². The van der Waals surface area contributed by atoms with Crippen LogP contribution in [0.1, 0.15) is 0 Å². The molecule has 0 saturated carbocycles. The molecule has 0 saturated heterocycles. The van der Waals surface area contributed by atoms with Crippen molar-refractivity contribution in [2.45, 2.75) is 0 Å². The largest absolute Gasteiger partial charge is 0.446 e. The highest BCUT2D eigenvalue weighted by Crippen LogP contribution is 2.33. The van der Waals surface area contributed by atoms with Crippen LogP contribution in [0.2, 0.25) is 0 Å². The van der Waals surface area contributed by atoms with Crippen molar-refractivity contribution in [3.63, 3.8) is 0 Å². The van der Waals surface area contributed by atoms with E-state index in [-0.39, 0.29) is 16.8 Å². The van der Waals surface area contributed by atoms with Crippen LogP contribution in [0.15, 0.2) is 47.3 Å². The third kappa shape index (κ3) is 4.59. The second-order valence-electron chi connectivity index (χ2n) is 5.11. The number of benzene rings is 2. The quantitative estimate of drug-likeness (QED) is 0.510. The molecule has 13 heteroatoms. The minimum absolute atomic E-state index is 0.0989. The maximum Gasteiger partial charge on any atom is 0.446 e. The van der Waals surface area contributed by atoms with Crippen molar-refractivity contribution >= 4 is 31.7 Å². The van der Waals surface area contributed by atoms with Crippen molar-refractivity contribution < 1.29 is 34.3 Å². The predicted octanol–water partition coefficient (Wildman–Crippen LogP) is 0.953. The van der Waals surface area contributed by atoms with Crippen molar-refractivity contribution in [1.82, 2.24) is 9.97 Å². The number of fused-ring (bicyclic) bond motifs is 1. The summed E-state index contributed by atoms with van der Waals surface area (Å²) in [4.78, 5) is 18.8. The summed E-state index contributed by atoms with van der Waals surface area (Å²) in [5.74, 6) is -1.23. The summed E-state index contributed by atoms with van der Waals surface area (Å²) in [5.41, 5.74) is -0.322. The van der Waals surface area contributed by atoms with Crippen LogP contribution < -0.4 is 13.9 Å². The van der Waals surface area contributed by atoms with Crippen molar-refractivity contribution in [2.24, 2.45) is 0 Å². The van der Waals surface area contributed by atoms with Gasteiger partial charge >= 0.3 is 20.8 Å². The number of nitrogens with one attached hydrogen (secondary N) is 1. The van der Waals surface area contributed by atoms with Gasteiger partial charge < -0.3 is 13.4 Å². The Kier molecular flexibility index (Phi) is 4.61. The number of rotatable bonds is 5. The molecule has 3 rings (SSSR count). The van der Waals surface area contributed by atoms with Crippen molar-refractivity contribution in [1.29, 1.82) is 0 Å². The van der Waals surface area contributed by atoms with Gasteiger partial charge in [0.15, 0.2) is 5.75 Å². The molecule has 0 aliphatic heterocycles. The highest BCUT2D eigenvalue weighted by atomic mass is 32.3. The molecular formula is C14H10N2O9S2. The fraction of sp³-hybridized carbons (Fsp3) is 0. The fourth-order valence-corrected chi connectivity index (χ4v) is 2.98. The van der Waals surface area contributed by atoms with E-state index in [1.165, 1.54) is 6.07 Å². The Morgan fingerprint density at radius 3 is 2.26 bits per heavy atom. The van der Waals surface area contributed by atoms with Crippen LogP contribution in [0.3, 0.4) is 0 Å². The number of hydrogen-bond acceptors (Lipinski definition) is 8. The van der Waals surface area contributed by atoms with Gasteiger partial charge in [-0.25, -0.2) is 4.98 Å². The van der Waals surface area contributed by atoms with Crippen molar-refractivity contribution in [3.05, 3.63) is 52.8 Å². The van der Waals surface area contributed by atoms with Gasteiger partial charge in [0.1, 0.15) is 11.6 Å². The van der Waals surface area contributed by atoms with Crippen LogP contribution in [0, 0.1) is 0 Å². The average Bonchev–Trinajstić information content (AvgIpc) is 2.52. The van der Waals surface area contributed by atoms with Gasteiger partial charge in [-0.3, -0.25) is 13.9 Å².